The normalized spacial score (nSPS) is 13.0. The van der Waals surface area contributed by atoms with E-state index in [1.807, 2.05) is 0 Å². The fourth-order valence-corrected chi connectivity index (χ4v) is 2.33. The number of hydrogen-bond acceptors (Lipinski definition) is 4. The van der Waals surface area contributed by atoms with Gasteiger partial charge in [-0.1, -0.05) is 0 Å². The number of nitrogen functional groups attached to an aromatic ring is 1. The van der Waals surface area contributed by atoms with E-state index < -0.39 is 17.0 Å². The molecule has 0 heterocycles. The summed E-state index contributed by atoms with van der Waals surface area (Å²) in [7, 11) is 1.55. The number of amides is 1. The van der Waals surface area contributed by atoms with Crippen molar-refractivity contribution in [2.75, 3.05) is 30.5 Å². The summed E-state index contributed by atoms with van der Waals surface area (Å²) < 4.78 is 43.0. The number of anilines is 2. The molecule has 0 saturated heterocycles. The lowest BCUT2D eigenvalue weighted by Crippen LogP contribution is -2.23. The van der Waals surface area contributed by atoms with Crippen molar-refractivity contribution in [2.24, 2.45) is 0 Å². The van der Waals surface area contributed by atoms with E-state index in [0.717, 1.165) is 12.1 Å². The van der Waals surface area contributed by atoms with Crippen LogP contribution in [0.4, 0.5) is 24.5 Å². The fourth-order valence-electron chi connectivity index (χ4n) is 1.51. The van der Waals surface area contributed by atoms with Crippen LogP contribution in [0.2, 0.25) is 0 Å². The number of alkyl halides is 3. The van der Waals surface area contributed by atoms with Gasteiger partial charge in [0.2, 0.25) is 5.91 Å². The van der Waals surface area contributed by atoms with Gasteiger partial charge in [0.05, 0.1) is 17.4 Å². The molecule has 0 aliphatic carbocycles. The first-order valence-electron chi connectivity index (χ1n) is 6.14. The molecule has 0 aliphatic rings. The Morgan fingerprint density at radius 2 is 2.14 bits per heavy atom. The first-order chi connectivity index (χ1) is 9.75. The van der Waals surface area contributed by atoms with Crippen molar-refractivity contribution in [3.8, 4) is 0 Å². The fraction of sp³-hybridized carbons (Fsp3) is 0.462. The molecule has 1 aromatic rings. The number of benzene rings is 1. The average molecular weight is 322 g/mol. The lowest BCUT2D eigenvalue weighted by molar-refractivity contribution is -0.136. The van der Waals surface area contributed by atoms with E-state index in [4.69, 9.17) is 10.5 Å². The summed E-state index contributed by atoms with van der Waals surface area (Å²) >= 11 is 1.36. The predicted molar refractivity (Wildman–Crippen MR) is 78.3 cm³/mol. The van der Waals surface area contributed by atoms with Gasteiger partial charge in [-0.3, -0.25) is 4.79 Å². The van der Waals surface area contributed by atoms with Crippen molar-refractivity contribution in [1.82, 2.24) is 0 Å². The maximum atomic E-state index is 12.7. The lowest BCUT2D eigenvalue weighted by atomic mass is 10.1. The van der Waals surface area contributed by atoms with Crippen molar-refractivity contribution in [3.63, 3.8) is 0 Å². The number of thioether (sulfide) groups is 1. The highest BCUT2D eigenvalue weighted by atomic mass is 32.2. The highest BCUT2D eigenvalue weighted by Gasteiger charge is 2.33. The number of ether oxygens (including phenoxy) is 1. The van der Waals surface area contributed by atoms with Gasteiger partial charge in [0.1, 0.15) is 0 Å². The summed E-state index contributed by atoms with van der Waals surface area (Å²) in [6, 6.07) is 3.30. The average Bonchev–Trinajstić information content (AvgIpc) is 2.39. The van der Waals surface area contributed by atoms with Crippen LogP contribution in [0.5, 0.6) is 0 Å². The van der Waals surface area contributed by atoms with Gasteiger partial charge in [-0.2, -0.15) is 13.2 Å². The van der Waals surface area contributed by atoms with E-state index in [1.165, 1.54) is 17.8 Å². The van der Waals surface area contributed by atoms with Gasteiger partial charge in [0.15, 0.2) is 0 Å². The second kappa shape index (κ2) is 7.56. The van der Waals surface area contributed by atoms with E-state index in [0.29, 0.717) is 12.4 Å². The molecule has 1 unspecified atom stereocenters. The summed E-state index contributed by atoms with van der Waals surface area (Å²) in [6.45, 7) is 2.18. The van der Waals surface area contributed by atoms with Gasteiger partial charge < -0.3 is 15.8 Å². The molecule has 1 atom stereocenters. The Hall–Kier alpha value is -1.41. The van der Waals surface area contributed by atoms with Crippen LogP contribution in [0.15, 0.2) is 18.2 Å². The van der Waals surface area contributed by atoms with Gasteiger partial charge in [0, 0.05) is 24.2 Å². The number of rotatable bonds is 6. The number of methoxy groups -OCH3 is 1. The van der Waals surface area contributed by atoms with Gasteiger partial charge in [-0.25, -0.2) is 0 Å². The summed E-state index contributed by atoms with van der Waals surface area (Å²) in [4.78, 5) is 11.9. The SMILES string of the molecule is COCCSC(C)C(=O)Nc1ccc(N)c(C(F)(F)F)c1. The van der Waals surface area contributed by atoms with Gasteiger partial charge in [0.25, 0.3) is 0 Å². The molecule has 1 rings (SSSR count). The standard InChI is InChI=1S/C13H17F3N2O2S/c1-8(21-6-5-20-2)12(19)18-9-3-4-11(17)10(7-9)13(14,15)16/h3-4,7-8H,5-6,17H2,1-2H3,(H,18,19). The molecule has 4 nitrogen and oxygen atoms in total. The molecule has 3 N–H and O–H groups in total. The predicted octanol–water partition coefficient (Wildman–Crippen LogP) is 2.99. The van der Waals surface area contributed by atoms with E-state index in [9.17, 15) is 18.0 Å². The molecule has 0 aromatic heterocycles. The maximum Gasteiger partial charge on any atom is 0.418 e. The second-order valence-electron chi connectivity index (χ2n) is 4.29. The van der Waals surface area contributed by atoms with Crippen molar-refractivity contribution in [2.45, 2.75) is 18.3 Å². The van der Waals surface area contributed by atoms with Crippen LogP contribution in [-0.4, -0.2) is 30.6 Å². The van der Waals surface area contributed by atoms with E-state index in [2.05, 4.69) is 5.32 Å². The number of halogens is 3. The van der Waals surface area contributed by atoms with Crippen LogP contribution in [-0.2, 0) is 15.7 Å². The van der Waals surface area contributed by atoms with Crippen molar-refractivity contribution < 1.29 is 22.7 Å². The molecular weight excluding hydrogens is 305 g/mol. The quantitative estimate of drug-likeness (QED) is 0.624. The summed E-state index contributed by atoms with van der Waals surface area (Å²) in [5.74, 6) is 0.259. The Kier molecular flexibility index (Phi) is 6.35. The van der Waals surface area contributed by atoms with Crippen LogP contribution in [0.1, 0.15) is 12.5 Å². The minimum absolute atomic E-state index is 0.0701. The monoisotopic (exact) mass is 322 g/mol. The van der Waals surface area contributed by atoms with Crippen LogP contribution < -0.4 is 11.1 Å². The molecule has 0 fully saturated rings. The van der Waals surface area contributed by atoms with Crippen LogP contribution in [0.25, 0.3) is 0 Å². The second-order valence-corrected chi connectivity index (χ2v) is 5.74. The number of carbonyl (C=O) groups excluding carboxylic acids is 1. The van der Waals surface area contributed by atoms with Crippen molar-refractivity contribution >= 4 is 29.0 Å². The number of carbonyl (C=O) groups is 1. The highest BCUT2D eigenvalue weighted by Crippen LogP contribution is 2.35. The molecule has 0 saturated carbocycles. The van der Waals surface area contributed by atoms with Crippen LogP contribution >= 0.6 is 11.8 Å². The van der Waals surface area contributed by atoms with Crippen molar-refractivity contribution in [3.05, 3.63) is 23.8 Å². The molecule has 8 heteroatoms. The van der Waals surface area contributed by atoms with E-state index in [-0.39, 0.29) is 17.3 Å². The molecule has 0 bridgehead atoms. The molecule has 1 amide bonds. The topological polar surface area (TPSA) is 64.3 Å². The smallest absolute Gasteiger partial charge is 0.398 e. The molecular formula is C13H17F3N2O2S. The molecule has 21 heavy (non-hydrogen) atoms. The third-order valence-corrected chi connectivity index (χ3v) is 3.77. The molecule has 0 spiro atoms. The highest BCUT2D eigenvalue weighted by molar-refractivity contribution is 8.00. The third kappa shape index (κ3) is 5.47. The zero-order valence-electron chi connectivity index (χ0n) is 11.7. The van der Waals surface area contributed by atoms with Crippen LogP contribution in [0, 0.1) is 0 Å². The zero-order chi connectivity index (χ0) is 16.0. The van der Waals surface area contributed by atoms with Gasteiger partial charge >= 0.3 is 6.18 Å². The molecule has 0 aliphatic heterocycles. The van der Waals surface area contributed by atoms with E-state index >= 15 is 0 Å². The Labute approximate surface area is 125 Å². The minimum Gasteiger partial charge on any atom is -0.398 e. The number of hydrogen-bond donors (Lipinski definition) is 2. The van der Waals surface area contributed by atoms with Gasteiger partial charge in [-0.15, -0.1) is 11.8 Å². The van der Waals surface area contributed by atoms with Crippen molar-refractivity contribution in [1.29, 1.82) is 0 Å². The van der Waals surface area contributed by atoms with E-state index in [1.54, 1.807) is 14.0 Å². The molecule has 1 aromatic carbocycles. The largest absolute Gasteiger partial charge is 0.418 e. The Morgan fingerprint density at radius 1 is 1.48 bits per heavy atom. The number of nitrogens with two attached hydrogens (primary N) is 1. The lowest BCUT2D eigenvalue weighted by Gasteiger charge is -2.14. The molecule has 0 radical (unpaired) electrons. The minimum atomic E-state index is -4.55. The molecule has 118 valence electrons. The Balaban J connectivity index is 2.73. The number of nitrogens with one attached hydrogen (secondary N) is 1. The summed E-state index contributed by atoms with van der Waals surface area (Å²) in [5, 5.41) is 2.06. The zero-order valence-corrected chi connectivity index (χ0v) is 12.5. The van der Waals surface area contributed by atoms with Gasteiger partial charge in [-0.05, 0) is 25.1 Å². The third-order valence-electron chi connectivity index (χ3n) is 2.65. The van der Waals surface area contributed by atoms with Crippen LogP contribution in [0.3, 0.4) is 0 Å². The first-order valence-corrected chi connectivity index (χ1v) is 7.18. The first kappa shape index (κ1) is 17.6. The summed E-state index contributed by atoms with van der Waals surface area (Å²) in [6.07, 6.45) is -4.55. The maximum absolute atomic E-state index is 12.7. The Bertz CT molecular complexity index is 495. The Morgan fingerprint density at radius 3 is 2.71 bits per heavy atom. The summed E-state index contributed by atoms with van der Waals surface area (Å²) in [5.41, 5.74) is 4.04.